The van der Waals surface area contributed by atoms with Gasteiger partial charge in [-0.25, -0.2) is 0 Å². The van der Waals surface area contributed by atoms with Crippen molar-refractivity contribution in [1.82, 2.24) is 10.6 Å². The Balaban J connectivity index is 1.57. The molecule has 2 heterocycles. The number of hydrogen-bond acceptors (Lipinski definition) is 3. The summed E-state index contributed by atoms with van der Waals surface area (Å²) in [5, 5.41) is 6.57. The molecule has 1 aromatic heterocycles. The number of rotatable bonds is 3. The Morgan fingerprint density at radius 3 is 2.84 bits per heavy atom. The van der Waals surface area contributed by atoms with Crippen molar-refractivity contribution in [3.63, 3.8) is 0 Å². The minimum absolute atomic E-state index is 0.144. The lowest BCUT2D eigenvalue weighted by molar-refractivity contribution is -0.123. The maximum absolute atomic E-state index is 12.3. The molecule has 2 atom stereocenters. The van der Waals surface area contributed by atoms with E-state index in [2.05, 4.69) is 36.6 Å². The molecular formula is C15H22N2OS. The molecule has 1 amide bonds. The first-order valence-electron chi connectivity index (χ1n) is 7.18. The normalized spacial score (nSPS) is 26.1. The van der Waals surface area contributed by atoms with Gasteiger partial charge in [0.05, 0.1) is 6.04 Å². The molecule has 2 aliphatic rings. The number of aryl methyl sites for hydroxylation is 1. The van der Waals surface area contributed by atoms with Gasteiger partial charge in [-0.05, 0) is 63.7 Å². The van der Waals surface area contributed by atoms with Gasteiger partial charge in [-0.3, -0.25) is 4.79 Å². The topological polar surface area (TPSA) is 41.1 Å². The van der Waals surface area contributed by atoms with Crippen LogP contribution in [0.2, 0.25) is 0 Å². The van der Waals surface area contributed by atoms with Crippen molar-refractivity contribution in [2.45, 2.75) is 39.2 Å². The summed E-state index contributed by atoms with van der Waals surface area (Å²) in [5.41, 5.74) is 0.334. The van der Waals surface area contributed by atoms with Crippen LogP contribution in [0, 0.1) is 18.3 Å². The minimum Gasteiger partial charge on any atom is -0.349 e. The van der Waals surface area contributed by atoms with Crippen molar-refractivity contribution in [2.24, 2.45) is 11.3 Å². The maximum Gasteiger partial charge on any atom is 0.224 e. The number of thiophene rings is 1. The molecule has 1 aromatic rings. The Morgan fingerprint density at radius 2 is 2.21 bits per heavy atom. The van der Waals surface area contributed by atoms with E-state index in [-0.39, 0.29) is 17.9 Å². The molecule has 2 unspecified atom stereocenters. The molecule has 19 heavy (non-hydrogen) atoms. The SMILES string of the molecule is Cc1ccc(C(C)NC(=O)C2CC23CCNCC3)s1. The van der Waals surface area contributed by atoms with Gasteiger partial charge in [0.1, 0.15) is 0 Å². The van der Waals surface area contributed by atoms with Crippen LogP contribution in [-0.4, -0.2) is 19.0 Å². The van der Waals surface area contributed by atoms with Crippen molar-refractivity contribution in [1.29, 1.82) is 0 Å². The van der Waals surface area contributed by atoms with E-state index < -0.39 is 0 Å². The lowest BCUT2D eigenvalue weighted by Crippen LogP contribution is -2.34. The van der Waals surface area contributed by atoms with Crippen molar-refractivity contribution >= 4 is 17.2 Å². The van der Waals surface area contributed by atoms with E-state index in [0.29, 0.717) is 5.41 Å². The largest absolute Gasteiger partial charge is 0.349 e. The van der Waals surface area contributed by atoms with Gasteiger partial charge < -0.3 is 10.6 Å². The second kappa shape index (κ2) is 4.91. The molecule has 1 aliphatic carbocycles. The Hall–Kier alpha value is -0.870. The van der Waals surface area contributed by atoms with Crippen LogP contribution in [0.1, 0.15) is 42.0 Å². The van der Waals surface area contributed by atoms with E-state index in [0.717, 1.165) is 32.4 Å². The summed E-state index contributed by atoms with van der Waals surface area (Å²) in [6, 6.07) is 4.39. The van der Waals surface area contributed by atoms with Crippen molar-refractivity contribution in [3.8, 4) is 0 Å². The average molecular weight is 278 g/mol. The molecule has 0 radical (unpaired) electrons. The van der Waals surface area contributed by atoms with Crippen LogP contribution >= 0.6 is 11.3 Å². The highest BCUT2D eigenvalue weighted by atomic mass is 32.1. The first-order chi connectivity index (χ1) is 9.11. The van der Waals surface area contributed by atoms with E-state index in [1.54, 1.807) is 11.3 Å². The quantitative estimate of drug-likeness (QED) is 0.892. The third-order valence-corrected chi connectivity index (χ3v) is 5.84. The Morgan fingerprint density at radius 1 is 1.47 bits per heavy atom. The number of carbonyl (C=O) groups excluding carboxylic acids is 1. The number of nitrogens with one attached hydrogen (secondary N) is 2. The lowest BCUT2D eigenvalue weighted by atomic mass is 9.91. The van der Waals surface area contributed by atoms with Gasteiger partial charge >= 0.3 is 0 Å². The summed E-state index contributed by atoms with van der Waals surface area (Å²) >= 11 is 1.77. The molecule has 4 heteroatoms. The maximum atomic E-state index is 12.3. The number of amides is 1. The molecule has 0 bridgehead atoms. The summed E-state index contributed by atoms with van der Waals surface area (Å²) in [5.74, 6) is 0.526. The monoisotopic (exact) mass is 278 g/mol. The van der Waals surface area contributed by atoms with Crippen LogP contribution < -0.4 is 10.6 Å². The van der Waals surface area contributed by atoms with Crippen molar-refractivity contribution in [3.05, 3.63) is 21.9 Å². The van der Waals surface area contributed by atoms with Gasteiger partial charge in [0.25, 0.3) is 0 Å². The third kappa shape index (κ3) is 2.56. The Labute approximate surface area is 118 Å². The standard InChI is InChI=1S/C15H22N2OS/c1-10-3-4-13(19-10)11(2)17-14(18)12-9-15(12)5-7-16-8-6-15/h3-4,11-12,16H,5-9H2,1-2H3,(H,17,18). The van der Waals surface area contributed by atoms with Gasteiger partial charge in [-0.1, -0.05) is 0 Å². The first-order valence-corrected chi connectivity index (χ1v) is 8.00. The van der Waals surface area contributed by atoms with E-state index in [4.69, 9.17) is 0 Å². The van der Waals surface area contributed by atoms with E-state index >= 15 is 0 Å². The number of hydrogen-bond donors (Lipinski definition) is 2. The van der Waals surface area contributed by atoms with Gasteiger partial charge in [0, 0.05) is 15.7 Å². The zero-order valence-electron chi connectivity index (χ0n) is 11.7. The second-order valence-corrected chi connectivity index (χ2v) is 7.37. The molecule has 1 spiro atoms. The summed E-state index contributed by atoms with van der Waals surface area (Å²) < 4.78 is 0. The summed E-state index contributed by atoms with van der Waals surface area (Å²) in [7, 11) is 0. The van der Waals surface area contributed by atoms with Crippen molar-refractivity contribution < 1.29 is 4.79 Å². The zero-order chi connectivity index (χ0) is 13.5. The molecule has 0 aromatic carbocycles. The third-order valence-electron chi connectivity index (χ3n) is 4.65. The highest BCUT2D eigenvalue weighted by Crippen LogP contribution is 2.58. The smallest absolute Gasteiger partial charge is 0.224 e. The highest BCUT2D eigenvalue weighted by Gasteiger charge is 2.57. The van der Waals surface area contributed by atoms with Gasteiger partial charge in [-0.15, -0.1) is 11.3 Å². The van der Waals surface area contributed by atoms with Crippen molar-refractivity contribution in [2.75, 3.05) is 13.1 Å². The minimum atomic E-state index is 0.144. The molecule has 1 saturated heterocycles. The van der Waals surface area contributed by atoms with Gasteiger partial charge in [0.15, 0.2) is 0 Å². The summed E-state index contributed by atoms with van der Waals surface area (Å²) in [6.07, 6.45) is 3.42. The Bertz CT molecular complexity index is 476. The zero-order valence-corrected chi connectivity index (χ0v) is 12.5. The van der Waals surface area contributed by atoms with Crippen LogP contribution in [-0.2, 0) is 4.79 Å². The molecule has 104 valence electrons. The predicted octanol–water partition coefficient (Wildman–Crippen LogP) is 2.62. The van der Waals surface area contributed by atoms with E-state index in [1.165, 1.54) is 9.75 Å². The lowest BCUT2D eigenvalue weighted by Gasteiger charge is -2.23. The second-order valence-electron chi connectivity index (χ2n) is 6.05. The molecule has 2 N–H and O–H groups in total. The van der Waals surface area contributed by atoms with E-state index in [9.17, 15) is 4.79 Å². The molecule has 2 fully saturated rings. The molecule has 3 nitrogen and oxygen atoms in total. The van der Waals surface area contributed by atoms with Crippen LogP contribution in [0.5, 0.6) is 0 Å². The molecule has 1 aliphatic heterocycles. The highest BCUT2D eigenvalue weighted by molar-refractivity contribution is 7.12. The predicted molar refractivity (Wildman–Crippen MR) is 78.3 cm³/mol. The van der Waals surface area contributed by atoms with Gasteiger partial charge in [0.2, 0.25) is 5.91 Å². The average Bonchev–Trinajstić information content (AvgIpc) is 2.89. The molecule has 1 saturated carbocycles. The number of carbonyl (C=O) groups is 1. The summed E-state index contributed by atoms with van der Waals surface area (Å²) in [6.45, 7) is 6.33. The van der Waals surface area contributed by atoms with E-state index in [1.807, 2.05) is 0 Å². The molecule has 3 rings (SSSR count). The fraction of sp³-hybridized carbons (Fsp3) is 0.667. The number of piperidine rings is 1. The summed E-state index contributed by atoms with van der Waals surface area (Å²) in [4.78, 5) is 14.9. The van der Waals surface area contributed by atoms with Gasteiger partial charge in [-0.2, -0.15) is 0 Å². The Kier molecular flexibility index (Phi) is 3.39. The van der Waals surface area contributed by atoms with Crippen LogP contribution in [0.15, 0.2) is 12.1 Å². The fourth-order valence-corrected chi connectivity index (χ4v) is 4.15. The van der Waals surface area contributed by atoms with Crippen LogP contribution in [0.25, 0.3) is 0 Å². The molecular weight excluding hydrogens is 256 g/mol. The van der Waals surface area contributed by atoms with Crippen LogP contribution in [0.4, 0.5) is 0 Å². The fourth-order valence-electron chi connectivity index (χ4n) is 3.27. The first kappa shape index (κ1) is 13.1. The van der Waals surface area contributed by atoms with Crippen LogP contribution in [0.3, 0.4) is 0 Å².